The summed E-state index contributed by atoms with van der Waals surface area (Å²) in [7, 11) is 0. The molecule has 0 spiro atoms. The zero-order chi connectivity index (χ0) is 34.4. The number of nitrogens with zero attached hydrogens (tertiary/aromatic N) is 4. The van der Waals surface area contributed by atoms with Crippen molar-refractivity contribution in [3.05, 3.63) is 77.3 Å². The predicted molar refractivity (Wildman–Crippen MR) is 184 cm³/mol. The molecular weight excluding hydrogens is 611 g/mol. The summed E-state index contributed by atoms with van der Waals surface area (Å²) >= 11 is 0. The van der Waals surface area contributed by atoms with Gasteiger partial charge in [-0.2, -0.15) is 9.61 Å². The molecule has 0 unspecified atom stereocenters. The Morgan fingerprint density at radius 3 is 2.56 bits per heavy atom. The van der Waals surface area contributed by atoms with Gasteiger partial charge in [0.15, 0.2) is 11.8 Å². The Morgan fingerprint density at radius 2 is 1.88 bits per heavy atom. The fraction of sp³-hybridized carbons (Fsp3) is 0.447. The minimum Gasteiger partial charge on any atom is -0.486 e. The lowest BCUT2D eigenvalue weighted by Crippen LogP contribution is -2.45. The summed E-state index contributed by atoms with van der Waals surface area (Å²) in [5.74, 6) is -0.334. The molecule has 48 heavy (non-hydrogen) atoms. The quantitative estimate of drug-likeness (QED) is 0.222. The van der Waals surface area contributed by atoms with Crippen LogP contribution in [0.2, 0.25) is 0 Å². The molecule has 1 fully saturated rings. The van der Waals surface area contributed by atoms with Crippen LogP contribution in [-0.4, -0.2) is 62.7 Å². The first-order valence-corrected chi connectivity index (χ1v) is 16.7. The zero-order valence-corrected chi connectivity index (χ0v) is 28.8. The number of carbonyl (C=O) groups is 1. The number of aromatic nitrogens is 3. The fourth-order valence-electron chi connectivity index (χ4n) is 6.53. The van der Waals surface area contributed by atoms with E-state index in [1.807, 2.05) is 83.2 Å². The summed E-state index contributed by atoms with van der Waals surface area (Å²) in [5, 5.41) is 15.5. The van der Waals surface area contributed by atoms with Gasteiger partial charge >= 0.3 is 5.97 Å². The highest BCUT2D eigenvalue weighted by Crippen LogP contribution is 2.40. The third kappa shape index (κ3) is 6.69. The lowest BCUT2D eigenvalue weighted by Gasteiger charge is -2.41. The number of benzene rings is 2. The number of rotatable bonds is 4. The van der Waals surface area contributed by atoms with Gasteiger partial charge in [0.05, 0.1) is 34.6 Å². The molecule has 5 heterocycles. The lowest BCUT2D eigenvalue weighted by atomic mass is 9.92. The molecular formula is C38H45FN4O5. The van der Waals surface area contributed by atoms with Gasteiger partial charge in [-0.1, -0.05) is 37.3 Å². The van der Waals surface area contributed by atoms with Gasteiger partial charge in [0, 0.05) is 30.4 Å². The molecule has 7 rings (SSSR count). The third-order valence-corrected chi connectivity index (χ3v) is 9.19. The van der Waals surface area contributed by atoms with Crippen LogP contribution in [0.5, 0.6) is 5.75 Å². The van der Waals surface area contributed by atoms with Crippen LogP contribution in [0, 0.1) is 19.7 Å². The number of hydrogen-bond donors (Lipinski definition) is 1. The number of ether oxygens (including phenoxy) is 3. The van der Waals surface area contributed by atoms with Gasteiger partial charge in [0.25, 0.3) is 0 Å². The van der Waals surface area contributed by atoms with Gasteiger partial charge in [0.2, 0.25) is 0 Å². The molecule has 1 saturated heterocycles. The van der Waals surface area contributed by atoms with Crippen LogP contribution < -0.4 is 9.64 Å². The molecule has 2 atom stereocenters. The summed E-state index contributed by atoms with van der Waals surface area (Å²) in [4.78, 5) is 19.8. The second-order valence-electron chi connectivity index (χ2n) is 14.1. The van der Waals surface area contributed by atoms with Crippen LogP contribution in [0.25, 0.3) is 28.0 Å². The van der Waals surface area contributed by atoms with Crippen molar-refractivity contribution in [2.45, 2.75) is 91.1 Å². The molecule has 10 heteroatoms. The number of carboxylic acid groups (broad SMARTS) is 1. The van der Waals surface area contributed by atoms with Gasteiger partial charge in [-0.15, -0.1) is 0 Å². The van der Waals surface area contributed by atoms with E-state index < -0.39 is 17.7 Å². The first kappa shape index (κ1) is 33.6. The average molecular weight is 657 g/mol. The molecule has 1 N–H and O–H groups in total. The fourth-order valence-corrected chi connectivity index (χ4v) is 6.53. The van der Waals surface area contributed by atoms with E-state index in [0.29, 0.717) is 77.0 Å². The number of aliphatic carboxylic acids is 1. The van der Waals surface area contributed by atoms with Gasteiger partial charge < -0.3 is 24.2 Å². The van der Waals surface area contributed by atoms with E-state index in [2.05, 4.69) is 11.8 Å². The van der Waals surface area contributed by atoms with Crippen molar-refractivity contribution in [2.24, 2.45) is 0 Å². The Balaban J connectivity index is 1.58. The SMILES string of the molecule is CC[C@H]1/C=C\COC2(C)CCN(CC2)c2c([C@H](OC(C)(C)C)C(=O)O)c(C)nc3cc(nn23)-c2cccc(c2)-c2c(ccc(C)c2F)O1. The van der Waals surface area contributed by atoms with Crippen LogP contribution in [0.1, 0.15) is 76.8 Å². The molecule has 0 aliphatic carbocycles. The van der Waals surface area contributed by atoms with E-state index in [1.54, 1.807) is 17.5 Å². The maximum atomic E-state index is 15.9. The molecule has 4 aromatic rings. The number of carboxylic acids is 1. The second kappa shape index (κ2) is 13.0. The molecule has 2 aromatic carbocycles. The van der Waals surface area contributed by atoms with E-state index in [4.69, 9.17) is 24.3 Å². The molecule has 3 aliphatic rings. The first-order chi connectivity index (χ1) is 22.8. The monoisotopic (exact) mass is 656 g/mol. The topological polar surface area (TPSA) is 98.4 Å². The van der Waals surface area contributed by atoms with Crippen molar-refractivity contribution in [1.29, 1.82) is 0 Å². The Hall–Kier alpha value is -4.28. The van der Waals surface area contributed by atoms with E-state index in [0.717, 1.165) is 18.4 Å². The molecule has 2 aromatic heterocycles. The first-order valence-electron chi connectivity index (χ1n) is 16.7. The average Bonchev–Trinajstić information content (AvgIpc) is 3.46. The molecule has 6 bridgehead atoms. The van der Waals surface area contributed by atoms with E-state index in [1.165, 1.54) is 0 Å². The zero-order valence-electron chi connectivity index (χ0n) is 28.8. The number of halogens is 1. The minimum absolute atomic E-state index is 0.268. The number of aryl methyl sites for hydroxylation is 2. The van der Waals surface area contributed by atoms with Crippen molar-refractivity contribution in [3.8, 4) is 28.1 Å². The normalized spacial score (nSPS) is 21.2. The van der Waals surface area contributed by atoms with Crippen LogP contribution in [-0.2, 0) is 14.3 Å². The predicted octanol–water partition coefficient (Wildman–Crippen LogP) is 7.86. The molecule has 3 aliphatic heterocycles. The summed E-state index contributed by atoms with van der Waals surface area (Å²) in [6.07, 6.45) is 4.57. The van der Waals surface area contributed by atoms with Gasteiger partial charge in [0.1, 0.15) is 23.5 Å². The number of piperidine rings is 1. The molecule has 0 amide bonds. The van der Waals surface area contributed by atoms with E-state index >= 15 is 4.39 Å². The molecule has 0 radical (unpaired) electrons. The van der Waals surface area contributed by atoms with Gasteiger partial charge in [-0.3, -0.25) is 0 Å². The minimum atomic E-state index is -1.27. The van der Waals surface area contributed by atoms with Crippen LogP contribution in [0.4, 0.5) is 10.2 Å². The van der Waals surface area contributed by atoms with Crippen molar-refractivity contribution >= 4 is 17.4 Å². The van der Waals surface area contributed by atoms with E-state index in [-0.39, 0.29) is 17.5 Å². The summed E-state index contributed by atoms with van der Waals surface area (Å²) < 4.78 is 36.7. The highest BCUT2D eigenvalue weighted by Gasteiger charge is 2.38. The van der Waals surface area contributed by atoms with Crippen molar-refractivity contribution in [1.82, 2.24) is 14.6 Å². The Labute approximate surface area is 281 Å². The van der Waals surface area contributed by atoms with Crippen molar-refractivity contribution in [2.75, 3.05) is 24.6 Å². The van der Waals surface area contributed by atoms with Crippen molar-refractivity contribution in [3.63, 3.8) is 0 Å². The van der Waals surface area contributed by atoms with Crippen molar-refractivity contribution < 1.29 is 28.5 Å². The van der Waals surface area contributed by atoms with Gasteiger partial charge in [-0.25, -0.2) is 14.2 Å². The summed E-state index contributed by atoms with van der Waals surface area (Å²) in [6, 6.07) is 13.0. The highest BCUT2D eigenvalue weighted by atomic mass is 19.1. The number of fused-ring (bicyclic) bond motifs is 6. The van der Waals surface area contributed by atoms with Crippen LogP contribution in [0.15, 0.2) is 54.6 Å². The molecule has 0 saturated carbocycles. The number of anilines is 1. The molecule has 9 nitrogen and oxygen atoms in total. The maximum Gasteiger partial charge on any atom is 0.337 e. The number of hydrogen-bond acceptors (Lipinski definition) is 7. The Bertz CT molecular complexity index is 1870. The molecule has 254 valence electrons. The van der Waals surface area contributed by atoms with Gasteiger partial charge in [-0.05, 0) is 90.1 Å². The highest BCUT2D eigenvalue weighted by molar-refractivity contribution is 5.80. The summed E-state index contributed by atoms with van der Waals surface area (Å²) in [6.45, 7) is 14.9. The maximum absolute atomic E-state index is 15.9. The van der Waals surface area contributed by atoms with Crippen LogP contribution >= 0.6 is 0 Å². The Morgan fingerprint density at radius 1 is 1.15 bits per heavy atom. The Kier molecular flexibility index (Phi) is 9.08. The summed E-state index contributed by atoms with van der Waals surface area (Å²) in [5.41, 5.74) is 3.44. The standard InChI is InChI=1S/C38H45FN4O5/c1-8-27-13-10-20-46-38(7)16-18-42(19-17-38)35-31(34(36(44)45)48-37(4,5)6)24(3)40-30-22-28(41-43(30)35)25-11-9-12-26(21-25)32-29(47-27)15-14-23(2)33(32)39/h9-15,21-22,27,34H,8,16-20H2,1-7H3,(H,44,45)/b13-10-/t27-,34-/m0/s1. The lowest BCUT2D eigenvalue weighted by molar-refractivity contribution is -0.160. The smallest absolute Gasteiger partial charge is 0.337 e. The second-order valence-corrected chi connectivity index (χ2v) is 14.1. The largest absolute Gasteiger partial charge is 0.486 e. The van der Waals surface area contributed by atoms with E-state index in [9.17, 15) is 9.90 Å². The third-order valence-electron chi connectivity index (χ3n) is 9.19. The van der Waals surface area contributed by atoms with Crippen LogP contribution in [0.3, 0.4) is 0 Å².